The third kappa shape index (κ3) is 2.43. The standard InChI is InChI=1S/C22H24/c1-18(2)22(19-12-6-3-7-13-19,20-14-8-4-9-15-20)21-16-10-5-11-17-21/h3-16,18,21H,17H2,1-2H3. The lowest BCUT2D eigenvalue weighted by Crippen LogP contribution is -2.41. The second kappa shape index (κ2) is 6.36. The fourth-order valence-corrected chi connectivity index (χ4v) is 4.04. The van der Waals surface area contributed by atoms with Crippen molar-refractivity contribution >= 4 is 0 Å². The molecular formula is C22H24. The summed E-state index contributed by atoms with van der Waals surface area (Å²) in [5, 5.41) is 0. The van der Waals surface area contributed by atoms with Crippen LogP contribution in [0.25, 0.3) is 0 Å². The predicted molar refractivity (Wildman–Crippen MR) is 94.9 cm³/mol. The highest BCUT2D eigenvalue weighted by atomic mass is 14.5. The van der Waals surface area contributed by atoms with Crippen LogP contribution in [-0.2, 0) is 5.41 Å². The second-order valence-corrected chi connectivity index (χ2v) is 6.41. The quantitative estimate of drug-likeness (QED) is 0.671. The van der Waals surface area contributed by atoms with E-state index in [0.29, 0.717) is 11.8 Å². The lowest BCUT2D eigenvalue weighted by atomic mass is 9.58. The van der Waals surface area contributed by atoms with Crippen LogP contribution in [0.15, 0.2) is 85.0 Å². The Bertz CT molecular complexity index is 607. The van der Waals surface area contributed by atoms with Crippen LogP contribution in [0.4, 0.5) is 0 Å². The Kier molecular flexibility index (Phi) is 4.29. The van der Waals surface area contributed by atoms with Crippen molar-refractivity contribution in [2.24, 2.45) is 11.8 Å². The molecule has 0 heterocycles. The number of rotatable bonds is 4. The summed E-state index contributed by atoms with van der Waals surface area (Å²) in [6.07, 6.45) is 10.2. The van der Waals surface area contributed by atoms with Gasteiger partial charge in [0.15, 0.2) is 0 Å². The molecule has 0 nitrogen and oxygen atoms in total. The highest BCUT2D eigenvalue weighted by Crippen LogP contribution is 2.48. The van der Waals surface area contributed by atoms with E-state index in [-0.39, 0.29) is 5.41 Å². The van der Waals surface area contributed by atoms with Crippen molar-refractivity contribution < 1.29 is 0 Å². The van der Waals surface area contributed by atoms with Crippen molar-refractivity contribution in [2.45, 2.75) is 25.7 Å². The van der Waals surface area contributed by atoms with E-state index in [1.807, 2.05) is 0 Å². The summed E-state index contributed by atoms with van der Waals surface area (Å²) in [6.45, 7) is 4.71. The molecule has 0 aromatic heterocycles. The van der Waals surface area contributed by atoms with Crippen LogP contribution in [0.2, 0.25) is 0 Å². The van der Waals surface area contributed by atoms with Crippen LogP contribution in [-0.4, -0.2) is 0 Å². The largest absolute Gasteiger partial charge is 0.0839 e. The first-order valence-electron chi connectivity index (χ1n) is 8.20. The Balaban J connectivity index is 2.24. The van der Waals surface area contributed by atoms with E-state index < -0.39 is 0 Å². The first-order valence-corrected chi connectivity index (χ1v) is 8.20. The zero-order valence-electron chi connectivity index (χ0n) is 13.4. The molecule has 2 aromatic carbocycles. The molecule has 0 amide bonds. The third-order valence-corrected chi connectivity index (χ3v) is 4.98. The Morgan fingerprint density at radius 3 is 1.77 bits per heavy atom. The number of allylic oxidation sites excluding steroid dienone is 4. The van der Waals surface area contributed by atoms with Crippen molar-refractivity contribution in [2.75, 3.05) is 0 Å². The van der Waals surface area contributed by atoms with Gasteiger partial charge in [-0.1, -0.05) is 98.8 Å². The first-order chi connectivity index (χ1) is 10.8. The van der Waals surface area contributed by atoms with E-state index in [9.17, 15) is 0 Å². The maximum Gasteiger partial charge on any atom is 0.0291 e. The van der Waals surface area contributed by atoms with Crippen molar-refractivity contribution in [3.8, 4) is 0 Å². The highest BCUT2D eigenvalue weighted by Gasteiger charge is 2.43. The smallest absolute Gasteiger partial charge is 0.0291 e. The van der Waals surface area contributed by atoms with E-state index in [4.69, 9.17) is 0 Å². The average molecular weight is 288 g/mol. The summed E-state index contributed by atoms with van der Waals surface area (Å²) in [5.74, 6) is 1.00. The Labute approximate surface area is 134 Å². The van der Waals surface area contributed by atoms with Gasteiger partial charge in [0, 0.05) is 5.41 Å². The molecule has 0 heteroatoms. The van der Waals surface area contributed by atoms with Crippen LogP contribution in [0.1, 0.15) is 31.4 Å². The molecule has 2 aromatic rings. The normalized spacial score (nSPS) is 17.9. The van der Waals surface area contributed by atoms with Crippen molar-refractivity contribution in [1.29, 1.82) is 0 Å². The van der Waals surface area contributed by atoms with E-state index >= 15 is 0 Å². The van der Waals surface area contributed by atoms with Gasteiger partial charge in [0.2, 0.25) is 0 Å². The van der Waals surface area contributed by atoms with Crippen LogP contribution >= 0.6 is 0 Å². The predicted octanol–water partition coefficient (Wildman–Crippen LogP) is 5.76. The van der Waals surface area contributed by atoms with E-state index in [1.165, 1.54) is 11.1 Å². The van der Waals surface area contributed by atoms with Gasteiger partial charge >= 0.3 is 0 Å². The fraction of sp³-hybridized carbons (Fsp3) is 0.273. The maximum absolute atomic E-state index is 2.39. The minimum absolute atomic E-state index is 0.0176. The molecule has 0 aliphatic heterocycles. The topological polar surface area (TPSA) is 0 Å². The van der Waals surface area contributed by atoms with Crippen molar-refractivity contribution in [3.63, 3.8) is 0 Å². The molecule has 0 saturated heterocycles. The molecule has 1 aliphatic rings. The van der Waals surface area contributed by atoms with Crippen LogP contribution in [0, 0.1) is 11.8 Å². The molecule has 0 N–H and O–H groups in total. The Hall–Kier alpha value is -2.08. The molecule has 22 heavy (non-hydrogen) atoms. The van der Waals surface area contributed by atoms with Gasteiger partial charge in [-0.2, -0.15) is 0 Å². The minimum atomic E-state index is 0.0176. The SMILES string of the molecule is CC(C)C(c1ccccc1)(c1ccccc1)C1C=CC=CC1. The summed E-state index contributed by atoms with van der Waals surface area (Å²) in [6, 6.07) is 22.0. The average Bonchev–Trinajstić information content (AvgIpc) is 2.58. The summed E-state index contributed by atoms with van der Waals surface area (Å²) in [7, 11) is 0. The van der Waals surface area contributed by atoms with Gasteiger partial charge < -0.3 is 0 Å². The van der Waals surface area contributed by atoms with Gasteiger partial charge in [-0.05, 0) is 29.4 Å². The van der Waals surface area contributed by atoms with Gasteiger partial charge in [0.1, 0.15) is 0 Å². The molecule has 1 aliphatic carbocycles. The van der Waals surface area contributed by atoms with Crippen LogP contribution in [0.3, 0.4) is 0 Å². The number of hydrogen-bond donors (Lipinski definition) is 0. The second-order valence-electron chi connectivity index (χ2n) is 6.41. The molecule has 0 saturated carbocycles. The molecule has 0 bridgehead atoms. The lowest BCUT2D eigenvalue weighted by molar-refractivity contribution is 0.281. The molecule has 3 rings (SSSR count). The monoisotopic (exact) mass is 288 g/mol. The summed E-state index contributed by atoms with van der Waals surface area (Å²) >= 11 is 0. The summed E-state index contributed by atoms with van der Waals surface area (Å²) in [5.41, 5.74) is 2.85. The van der Waals surface area contributed by atoms with E-state index in [2.05, 4.69) is 98.8 Å². The minimum Gasteiger partial charge on any atom is -0.0839 e. The third-order valence-electron chi connectivity index (χ3n) is 4.98. The first kappa shape index (κ1) is 14.8. The van der Waals surface area contributed by atoms with Gasteiger partial charge in [-0.15, -0.1) is 0 Å². The van der Waals surface area contributed by atoms with Crippen molar-refractivity contribution in [3.05, 3.63) is 96.1 Å². The molecule has 1 unspecified atom stereocenters. The summed E-state index contributed by atoms with van der Waals surface area (Å²) < 4.78 is 0. The summed E-state index contributed by atoms with van der Waals surface area (Å²) in [4.78, 5) is 0. The van der Waals surface area contributed by atoms with E-state index in [1.54, 1.807) is 0 Å². The zero-order valence-corrected chi connectivity index (χ0v) is 13.4. The molecule has 1 atom stereocenters. The van der Waals surface area contributed by atoms with E-state index in [0.717, 1.165) is 6.42 Å². The van der Waals surface area contributed by atoms with Crippen LogP contribution < -0.4 is 0 Å². The zero-order chi connectivity index (χ0) is 15.4. The lowest BCUT2D eigenvalue weighted by Gasteiger charge is -2.45. The van der Waals surface area contributed by atoms with Gasteiger partial charge in [0.05, 0.1) is 0 Å². The molecular weight excluding hydrogens is 264 g/mol. The van der Waals surface area contributed by atoms with Gasteiger partial charge in [-0.25, -0.2) is 0 Å². The molecule has 0 spiro atoms. The van der Waals surface area contributed by atoms with Crippen molar-refractivity contribution in [1.82, 2.24) is 0 Å². The van der Waals surface area contributed by atoms with Gasteiger partial charge in [0.25, 0.3) is 0 Å². The number of hydrogen-bond acceptors (Lipinski definition) is 0. The van der Waals surface area contributed by atoms with Crippen LogP contribution in [0.5, 0.6) is 0 Å². The highest BCUT2D eigenvalue weighted by molar-refractivity contribution is 5.43. The molecule has 0 fully saturated rings. The molecule has 112 valence electrons. The van der Waals surface area contributed by atoms with Gasteiger partial charge in [-0.3, -0.25) is 0 Å². The fourth-order valence-electron chi connectivity index (χ4n) is 4.04. The molecule has 0 radical (unpaired) electrons. The Morgan fingerprint density at radius 1 is 0.818 bits per heavy atom. The maximum atomic E-state index is 2.39. The number of benzene rings is 2. The Morgan fingerprint density at radius 2 is 1.36 bits per heavy atom.